The van der Waals surface area contributed by atoms with Gasteiger partial charge in [0.25, 0.3) is 0 Å². The van der Waals surface area contributed by atoms with Crippen LogP contribution in [0.25, 0.3) is 0 Å². The molecule has 0 aromatic heterocycles. The molecule has 0 heterocycles. The average Bonchev–Trinajstić information content (AvgIpc) is 2.80. The van der Waals surface area contributed by atoms with Crippen molar-refractivity contribution in [3.63, 3.8) is 0 Å². The fourth-order valence-electron chi connectivity index (χ4n) is 2.81. The minimum absolute atomic E-state index is 0. The van der Waals surface area contributed by atoms with Crippen molar-refractivity contribution in [3.8, 4) is 5.92 Å². The smallest absolute Gasteiger partial charge is 0 e. The van der Waals surface area contributed by atoms with Crippen LogP contribution in [0.15, 0.2) is 0 Å². The molecule has 24 heavy (non-hydrogen) atoms. The number of hydrogen-bond acceptors (Lipinski definition) is 0. The topological polar surface area (TPSA) is 0 Å². The maximum absolute atomic E-state index is 5.96. The van der Waals surface area contributed by atoms with Crippen LogP contribution >= 0.6 is 0 Å². The molecule has 11 radical (unpaired) electrons. The summed E-state index contributed by atoms with van der Waals surface area (Å²) in [6.07, 6.45) is 5.96. The molecule has 0 nitrogen and oxygen atoms in total. The van der Waals surface area contributed by atoms with E-state index in [1.807, 2.05) is 5.92 Å². The summed E-state index contributed by atoms with van der Waals surface area (Å²) in [6, 6.07) is 0. The Morgan fingerprint density at radius 3 is 0.500 bits per heavy atom. The van der Waals surface area contributed by atoms with Crippen molar-refractivity contribution < 1.29 is 35.6 Å². The molecular formula is C23H33La-. The van der Waals surface area contributed by atoms with Gasteiger partial charge in [0.05, 0.1) is 0 Å². The Morgan fingerprint density at radius 2 is 0.458 bits per heavy atom. The van der Waals surface area contributed by atoms with Crippen LogP contribution in [0.3, 0.4) is 0 Å². The Morgan fingerprint density at radius 1 is 0.417 bits per heavy atom. The standard InChI is InChI=1S/2C10H15.C3H3.La/c2*1-6-7(2)9(4)10(5)8(6)3;1-3-2;/h2*1-5H3;1H3;/q;;-1;. The van der Waals surface area contributed by atoms with Crippen molar-refractivity contribution in [2.24, 2.45) is 0 Å². The second-order valence-corrected chi connectivity index (χ2v) is 6.50. The van der Waals surface area contributed by atoms with Crippen LogP contribution in [0, 0.1) is 107 Å². The SMILES string of the molecule is C[C]1[C](C)[C](C)[C](C)[C]1C.C[C]1[C](C)[C](C)[C](C)[C]1C.[C-]#CC.[La]. The van der Waals surface area contributed by atoms with E-state index in [1.54, 1.807) is 6.92 Å². The van der Waals surface area contributed by atoms with Crippen molar-refractivity contribution in [3.05, 3.63) is 65.6 Å². The van der Waals surface area contributed by atoms with E-state index in [0.717, 1.165) is 0 Å². The molecule has 0 unspecified atom stereocenters. The fraction of sp³-hybridized carbons (Fsp3) is 0.478. The first-order valence-electron chi connectivity index (χ1n) is 8.25. The van der Waals surface area contributed by atoms with Gasteiger partial charge in [0, 0.05) is 35.6 Å². The van der Waals surface area contributed by atoms with E-state index < -0.39 is 0 Å². The molecule has 0 aliphatic heterocycles. The van der Waals surface area contributed by atoms with Gasteiger partial charge >= 0.3 is 0 Å². The number of hydrogen-bond donors (Lipinski definition) is 0. The molecule has 2 rings (SSSR count). The van der Waals surface area contributed by atoms with Crippen LogP contribution < -0.4 is 0 Å². The van der Waals surface area contributed by atoms with Crippen LogP contribution in [-0.2, 0) is 0 Å². The minimum atomic E-state index is 0. The predicted octanol–water partition coefficient (Wildman–Crippen LogP) is 6.54. The van der Waals surface area contributed by atoms with E-state index in [9.17, 15) is 0 Å². The molecule has 0 N–H and O–H groups in total. The second-order valence-electron chi connectivity index (χ2n) is 6.50. The first-order chi connectivity index (χ1) is 10.5. The summed E-state index contributed by atoms with van der Waals surface area (Å²) >= 11 is 0. The normalized spacial score (nSPS) is 24.1. The summed E-state index contributed by atoms with van der Waals surface area (Å²) in [5.74, 6) is 16.7. The summed E-state index contributed by atoms with van der Waals surface area (Å²) in [5, 5.41) is 0. The van der Waals surface area contributed by atoms with Crippen LogP contribution in [0.2, 0.25) is 0 Å². The van der Waals surface area contributed by atoms with Gasteiger partial charge in [0.15, 0.2) is 0 Å². The summed E-state index contributed by atoms with van der Waals surface area (Å²) < 4.78 is 0. The summed E-state index contributed by atoms with van der Waals surface area (Å²) in [7, 11) is 0. The first kappa shape index (κ1) is 27.0. The molecule has 2 fully saturated rings. The molecule has 2 aliphatic rings. The molecule has 2 saturated carbocycles. The molecule has 0 bridgehead atoms. The molecule has 0 amide bonds. The van der Waals surface area contributed by atoms with E-state index >= 15 is 0 Å². The minimum Gasteiger partial charge on any atom is -0.694 e. The maximum Gasteiger partial charge on any atom is 0 e. The Bertz CT molecular complexity index is 249. The average molecular weight is 448 g/mol. The van der Waals surface area contributed by atoms with Crippen LogP contribution in [0.1, 0.15) is 76.2 Å². The number of rotatable bonds is 0. The van der Waals surface area contributed by atoms with Gasteiger partial charge in [-0.15, -0.1) is 0 Å². The Hall–Kier alpha value is 0.755. The van der Waals surface area contributed by atoms with E-state index in [1.165, 1.54) is 59.2 Å². The van der Waals surface area contributed by atoms with E-state index in [2.05, 4.69) is 69.2 Å². The van der Waals surface area contributed by atoms with Crippen molar-refractivity contribution in [1.29, 1.82) is 0 Å². The molecule has 0 aromatic rings. The van der Waals surface area contributed by atoms with Gasteiger partial charge in [0.2, 0.25) is 0 Å². The van der Waals surface area contributed by atoms with Gasteiger partial charge in [-0.25, -0.2) is 0 Å². The zero-order valence-corrected chi connectivity index (χ0v) is 21.2. The molecule has 2 aliphatic carbocycles. The molecular weight excluding hydrogens is 415 g/mol. The van der Waals surface area contributed by atoms with Gasteiger partial charge in [-0.05, 0) is 66.1 Å². The third kappa shape index (κ3) is 6.48. The molecule has 0 saturated heterocycles. The summed E-state index contributed by atoms with van der Waals surface area (Å²) in [5.41, 5.74) is 0. The molecule has 1 heteroatoms. The Balaban J connectivity index is 0. The van der Waals surface area contributed by atoms with Crippen molar-refractivity contribution in [2.45, 2.75) is 76.2 Å². The molecule has 0 spiro atoms. The van der Waals surface area contributed by atoms with E-state index in [4.69, 9.17) is 6.42 Å². The van der Waals surface area contributed by atoms with E-state index in [-0.39, 0.29) is 35.6 Å². The Labute approximate surface area is 182 Å². The third-order valence-corrected chi connectivity index (χ3v) is 5.62. The Kier molecular flexibility index (Phi) is 13.7. The zero-order valence-electron chi connectivity index (χ0n) is 17.6. The van der Waals surface area contributed by atoms with E-state index in [0.29, 0.717) is 0 Å². The maximum atomic E-state index is 5.96. The van der Waals surface area contributed by atoms with Gasteiger partial charge in [-0.3, -0.25) is 0 Å². The molecule has 0 atom stereocenters. The van der Waals surface area contributed by atoms with Gasteiger partial charge in [-0.1, -0.05) is 69.2 Å². The zero-order chi connectivity index (χ0) is 18.5. The van der Waals surface area contributed by atoms with Crippen LogP contribution in [-0.4, -0.2) is 0 Å². The molecule has 129 valence electrons. The first-order valence-corrected chi connectivity index (χ1v) is 8.25. The third-order valence-electron chi connectivity index (χ3n) is 5.62. The monoisotopic (exact) mass is 448 g/mol. The fourth-order valence-corrected chi connectivity index (χ4v) is 2.81. The predicted molar refractivity (Wildman–Crippen MR) is 102 cm³/mol. The largest absolute Gasteiger partial charge is 0.694 e. The van der Waals surface area contributed by atoms with Crippen molar-refractivity contribution >= 4 is 0 Å². The quantitative estimate of drug-likeness (QED) is 0.292. The summed E-state index contributed by atoms with van der Waals surface area (Å²) in [4.78, 5) is 0. The van der Waals surface area contributed by atoms with Gasteiger partial charge in [-0.2, -0.15) is 0 Å². The van der Waals surface area contributed by atoms with Crippen LogP contribution in [0.4, 0.5) is 0 Å². The van der Waals surface area contributed by atoms with Crippen LogP contribution in [0.5, 0.6) is 0 Å². The summed E-state index contributed by atoms with van der Waals surface area (Å²) in [6.45, 7) is 23.5. The van der Waals surface area contributed by atoms with Crippen molar-refractivity contribution in [2.75, 3.05) is 0 Å². The second kappa shape index (κ2) is 12.2. The van der Waals surface area contributed by atoms with Crippen molar-refractivity contribution in [1.82, 2.24) is 0 Å². The van der Waals surface area contributed by atoms with Gasteiger partial charge < -0.3 is 12.3 Å². The molecule has 0 aromatic carbocycles. The van der Waals surface area contributed by atoms with Gasteiger partial charge in [0.1, 0.15) is 0 Å².